The van der Waals surface area contributed by atoms with Gasteiger partial charge in [0.1, 0.15) is 0 Å². The van der Waals surface area contributed by atoms with Gasteiger partial charge in [0, 0.05) is 45.5 Å². The lowest BCUT2D eigenvalue weighted by molar-refractivity contribution is 0.0708. The monoisotopic (exact) mass is 352 g/mol. The van der Waals surface area contributed by atoms with E-state index in [2.05, 4.69) is 5.32 Å². The van der Waals surface area contributed by atoms with Crippen molar-refractivity contribution >= 4 is 14.8 Å². The zero-order valence-corrected chi connectivity index (χ0v) is 15.5. The molecule has 0 unspecified atom stereocenters. The van der Waals surface area contributed by atoms with Crippen LogP contribution < -0.4 is 5.32 Å². The molecule has 9 heteroatoms. The van der Waals surface area contributed by atoms with Gasteiger partial charge in [-0.3, -0.25) is 0 Å². The van der Waals surface area contributed by atoms with Crippen LogP contribution in [-0.4, -0.2) is 82.6 Å². The maximum absolute atomic E-state index is 11.9. The fraction of sp³-hybridized carbons (Fsp3) is 0.929. The molecule has 0 aromatic carbocycles. The number of amides is 2. The van der Waals surface area contributed by atoms with E-state index < -0.39 is 8.80 Å². The molecule has 0 rings (SSSR count). The van der Waals surface area contributed by atoms with Gasteiger partial charge in [-0.05, 0) is 27.2 Å². The lowest BCUT2D eigenvalue weighted by atomic mass is 10.4. The van der Waals surface area contributed by atoms with Gasteiger partial charge in [0.25, 0.3) is 0 Å². The van der Waals surface area contributed by atoms with Crippen molar-refractivity contribution < 1.29 is 28.3 Å². The number of aliphatic hydroxyl groups is 2. The Balaban J connectivity index is 4.33. The molecule has 8 nitrogen and oxygen atoms in total. The highest BCUT2D eigenvalue weighted by Gasteiger charge is 2.39. The fourth-order valence-electron chi connectivity index (χ4n) is 2.17. The van der Waals surface area contributed by atoms with E-state index in [1.165, 1.54) is 4.90 Å². The summed E-state index contributed by atoms with van der Waals surface area (Å²) in [4.78, 5) is 13.3. The first kappa shape index (κ1) is 22.3. The SMILES string of the molecule is CCO[Si](CCCNC(=O)N(CCO)CCO)(OCC)OCC. The van der Waals surface area contributed by atoms with E-state index in [-0.39, 0.29) is 32.3 Å². The molecule has 0 bridgehead atoms. The van der Waals surface area contributed by atoms with Crippen LogP contribution in [-0.2, 0) is 13.3 Å². The van der Waals surface area contributed by atoms with E-state index in [9.17, 15) is 4.79 Å². The zero-order chi connectivity index (χ0) is 17.6. The Morgan fingerprint density at radius 1 is 1.00 bits per heavy atom. The molecule has 23 heavy (non-hydrogen) atoms. The molecule has 0 fully saturated rings. The smallest absolute Gasteiger partial charge is 0.395 e. The van der Waals surface area contributed by atoms with Gasteiger partial charge >= 0.3 is 14.8 Å². The molecule has 0 aliphatic rings. The lowest BCUT2D eigenvalue weighted by Gasteiger charge is -2.28. The second-order valence-electron chi connectivity index (χ2n) is 4.75. The normalized spacial score (nSPS) is 11.5. The predicted octanol–water partition coefficient (Wildman–Crippen LogP) is 0.421. The van der Waals surface area contributed by atoms with Crippen LogP contribution in [0.4, 0.5) is 4.79 Å². The van der Waals surface area contributed by atoms with E-state index in [1.54, 1.807) is 0 Å². The maximum Gasteiger partial charge on any atom is 0.500 e. The van der Waals surface area contributed by atoms with Crippen molar-refractivity contribution in [2.45, 2.75) is 33.2 Å². The summed E-state index contributed by atoms with van der Waals surface area (Å²) in [5.74, 6) is 0. The Bertz CT molecular complexity index is 286. The highest BCUT2D eigenvalue weighted by Crippen LogP contribution is 2.17. The molecule has 0 atom stereocenters. The van der Waals surface area contributed by atoms with Gasteiger partial charge in [0.05, 0.1) is 13.2 Å². The van der Waals surface area contributed by atoms with Crippen LogP contribution in [0.3, 0.4) is 0 Å². The highest BCUT2D eigenvalue weighted by atomic mass is 28.4. The Kier molecular flexibility index (Phi) is 13.3. The number of carbonyl (C=O) groups is 1. The molecule has 0 aromatic heterocycles. The van der Waals surface area contributed by atoms with Crippen LogP contribution in [0.5, 0.6) is 0 Å². The fourth-order valence-corrected chi connectivity index (χ4v) is 4.78. The molecular formula is C14H32N2O6Si. The molecule has 0 radical (unpaired) electrons. The largest absolute Gasteiger partial charge is 0.500 e. The van der Waals surface area contributed by atoms with Gasteiger partial charge in [-0.1, -0.05) is 0 Å². The van der Waals surface area contributed by atoms with Crippen LogP contribution in [0.15, 0.2) is 0 Å². The lowest BCUT2D eigenvalue weighted by Crippen LogP contribution is -2.47. The molecule has 0 saturated heterocycles. The highest BCUT2D eigenvalue weighted by molar-refractivity contribution is 6.60. The standard InChI is InChI=1S/C14H32N2O6Si/c1-4-20-23(21-5-2,22-6-3)13-7-8-15-14(19)16(9-11-17)10-12-18/h17-18H,4-13H2,1-3H3,(H,15,19). The Morgan fingerprint density at radius 2 is 1.48 bits per heavy atom. The molecule has 0 aromatic rings. The van der Waals surface area contributed by atoms with Crippen molar-refractivity contribution in [3.05, 3.63) is 0 Å². The first-order valence-electron chi connectivity index (χ1n) is 8.25. The second-order valence-corrected chi connectivity index (χ2v) is 7.48. The number of aliphatic hydroxyl groups excluding tert-OH is 2. The van der Waals surface area contributed by atoms with E-state index in [1.807, 2.05) is 20.8 Å². The van der Waals surface area contributed by atoms with Crippen LogP contribution >= 0.6 is 0 Å². The van der Waals surface area contributed by atoms with Crippen molar-refractivity contribution in [2.24, 2.45) is 0 Å². The average molecular weight is 353 g/mol. The van der Waals surface area contributed by atoms with E-state index in [4.69, 9.17) is 23.5 Å². The van der Waals surface area contributed by atoms with Gasteiger partial charge in [-0.15, -0.1) is 0 Å². The third-order valence-electron chi connectivity index (χ3n) is 3.06. The number of nitrogens with zero attached hydrogens (tertiary/aromatic N) is 1. The summed E-state index contributed by atoms with van der Waals surface area (Å²) in [5, 5.41) is 20.6. The quantitative estimate of drug-likeness (QED) is 0.309. The van der Waals surface area contributed by atoms with E-state index in [0.29, 0.717) is 38.8 Å². The number of rotatable bonds is 14. The summed E-state index contributed by atoms with van der Waals surface area (Å²) in [6, 6.07) is 0.326. The predicted molar refractivity (Wildman–Crippen MR) is 89.2 cm³/mol. The number of nitrogens with one attached hydrogen (secondary N) is 1. The van der Waals surface area contributed by atoms with Gasteiger partial charge in [-0.2, -0.15) is 0 Å². The summed E-state index contributed by atoms with van der Waals surface area (Å²) in [6.45, 7) is 7.87. The van der Waals surface area contributed by atoms with Gasteiger partial charge < -0.3 is 33.7 Å². The van der Waals surface area contributed by atoms with Crippen molar-refractivity contribution in [1.29, 1.82) is 0 Å². The first-order valence-corrected chi connectivity index (χ1v) is 10.2. The second kappa shape index (κ2) is 13.7. The Labute approximate surface area is 140 Å². The minimum absolute atomic E-state index is 0.136. The third kappa shape index (κ3) is 9.23. The summed E-state index contributed by atoms with van der Waals surface area (Å²) < 4.78 is 17.2. The molecule has 0 heterocycles. The van der Waals surface area contributed by atoms with Crippen molar-refractivity contribution in [3.8, 4) is 0 Å². The topological polar surface area (TPSA) is 100 Å². The van der Waals surface area contributed by atoms with E-state index >= 15 is 0 Å². The van der Waals surface area contributed by atoms with Crippen molar-refractivity contribution in [3.63, 3.8) is 0 Å². The van der Waals surface area contributed by atoms with Crippen LogP contribution in [0.2, 0.25) is 6.04 Å². The Hall–Kier alpha value is -0.713. The number of urea groups is 1. The summed E-state index contributed by atoms with van der Waals surface area (Å²) in [5.41, 5.74) is 0. The molecule has 0 spiro atoms. The maximum atomic E-state index is 11.9. The van der Waals surface area contributed by atoms with Crippen molar-refractivity contribution in [1.82, 2.24) is 10.2 Å². The van der Waals surface area contributed by atoms with Crippen molar-refractivity contribution in [2.75, 3.05) is 52.7 Å². The summed E-state index contributed by atoms with van der Waals surface area (Å²) in [7, 11) is -2.67. The zero-order valence-electron chi connectivity index (χ0n) is 14.5. The number of hydrogen-bond acceptors (Lipinski definition) is 6. The molecule has 3 N–H and O–H groups in total. The molecule has 0 aliphatic heterocycles. The molecular weight excluding hydrogens is 320 g/mol. The molecule has 0 saturated carbocycles. The van der Waals surface area contributed by atoms with E-state index in [0.717, 1.165) is 0 Å². The van der Waals surface area contributed by atoms with Gasteiger partial charge in [0.2, 0.25) is 0 Å². The number of hydrogen-bond donors (Lipinski definition) is 3. The molecule has 0 aliphatic carbocycles. The minimum atomic E-state index is -2.67. The molecule has 138 valence electrons. The van der Waals surface area contributed by atoms with Gasteiger partial charge in [-0.25, -0.2) is 4.79 Å². The van der Waals surface area contributed by atoms with Gasteiger partial charge in [0.15, 0.2) is 0 Å². The third-order valence-corrected chi connectivity index (χ3v) is 6.21. The van der Waals surface area contributed by atoms with Crippen LogP contribution in [0.1, 0.15) is 27.2 Å². The Morgan fingerprint density at radius 3 is 1.87 bits per heavy atom. The first-order chi connectivity index (χ1) is 11.1. The van der Waals surface area contributed by atoms with Crippen LogP contribution in [0.25, 0.3) is 0 Å². The summed E-state index contributed by atoms with van der Waals surface area (Å²) in [6.07, 6.45) is 0.671. The molecule has 2 amide bonds. The summed E-state index contributed by atoms with van der Waals surface area (Å²) >= 11 is 0. The minimum Gasteiger partial charge on any atom is -0.395 e. The number of carbonyl (C=O) groups excluding carboxylic acids is 1. The van der Waals surface area contributed by atoms with Crippen LogP contribution in [0, 0.1) is 0 Å². The average Bonchev–Trinajstić information content (AvgIpc) is 2.52.